The Bertz CT molecular complexity index is 412. The number of benzene rings is 1. The molecule has 1 fully saturated rings. The molecule has 0 spiro atoms. The predicted octanol–water partition coefficient (Wildman–Crippen LogP) is 2.78. The first-order valence-electron chi connectivity index (χ1n) is 5.83. The third kappa shape index (κ3) is 2.46. The second kappa shape index (κ2) is 4.92. The van der Waals surface area contributed by atoms with Crippen LogP contribution in [0.2, 0.25) is 5.02 Å². The minimum Gasteiger partial charge on any atom is -0.378 e. The van der Waals surface area contributed by atoms with Crippen molar-refractivity contribution in [1.29, 1.82) is 0 Å². The molecule has 1 saturated heterocycles. The Morgan fingerprint density at radius 3 is 2.88 bits per heavy atom. The van der Waals surface area contributed by atoms with E-state index < -0.39 is 0 Å². The van der Waals surface area contributed by atoms with Gasteiger partial charge in [0.1, 0.15) is 5.82 Å². The molecule has 0 saturated carbocycles. The molecule has 2 nitrogen and oxygen atoms in total. The van der Waals surface area contributed by atoms with Gasteiger partial charge in [-0.1, -0.05) is 17.7 Å². The zero-order chi connectivity index (χ0) is 12.5. The summed E-state index contributed by atoms with van der Waals surface area (Å²) in [6.45, 7) is 3.22. The summed E-state index contributed by atoms with van der Waals surface area (Å²) in [6.07, 6.45) is 1.56. The minimum atomic E-state index is -0.260. The van der Waals surface area contributed by atoms with Crippen LogP contribution in [0.5, 0.6) is 0 Å². The van der Waals surface area contributed by atoms with Crippen molar-refractivity contribution < 1.29 is 9.13 Å². The van der Waals surface area contributed by atoms with E-state index in [1.165, 1.54) is 6.07 Å². The largest absolute Gasteiger partial charge is 0.378 e. The third-order valence-corrected chi connectivity index (χ3v) is 4.03. The van der Waals surface area contributed by atoms with E-state index in [1.54, 1.807) is 12.1 Å². The molecule has 17 heavy (non-hydrogen) atoms. The Morgan fingerprint density at radius 2 is 2.35 bits per heavy atom. The van der Waals surface area contributed by atoms with Gasteiger partial charge in [0.05, 0.1) is 6.10 Å². The van der Waals surface area contributed by atoms with Gasteiger partial charge in [0.25, 0.3) is 0 Å². The van der Waals surface area contributed by atoms with Crippen LogP contribution in [0.15, 0.2) is 18.2 Å². The first-order valence-corrected chi connectivity index (χ1v) is 6.21. The molecule has 0 radical (unpaired) electrons. The lowest BCUT2D eigenvalue weighted by molar-refractivity contribution is 0.0670. The summed E-state index contributed by atoms with van der Waals surface area (Å²) in [6, 6.07) is 4.80. The van der Waals surface area contributed by atoms with Crippen molar-refractivity contribution in [2.75, 3.05) is 13.2 Å². The van der Waals surface area contributed by atoms with Gasteiger partial charge in [0.2, 0.25) is 0 Å². The summed E-state index contributed by atoms with van der Waals surface area (Å²) in [5.41, 5.74) is 6.38. The van der Waals surface area contributed by atoms with Crippen LogP contribution < -0.4 is 5.73 Å². The first kappa shape index (κ1) is 12.8. The number of hydrogen-bond acceptors (Lipinski definition) is 2. The number of ether oxygens (including phenoxy) is 1. The van der Waals surface area contributed by atoms with Crippen LogP contribution in [0.3, 0.4) is 0 Å². The summed E-state index contributed by atoms with van der Waals surface area (Å²) in [7, 11) is 0. The molecule has 1 aromatic rings. The fourth-order valence-electron chi connectivity index (χ4n) is 2.44. The van der Waals surface area contributed by atoms with Crippen molar-refractivity contribution in [2.45, 2.75) is 25.9 Å². The molecule has 94 valence electrons. The molecular formula is C13H17ClFNO. The van der Waals surface area contributed by atoms with Crippen LogP contribution in [0.4, 0.5) is 4.39 Å². The topological polar surface area (TPSA) is 35.2 Å². The lowest BCUT2D eigenvalue weighted by Gasteiger charge is -2.31. The molecule has 2 rings (SSSR count). The molecule has 2 N–H and O–H groups in total. The zero-order valence-electron chi connectivity index (χ0n) is 9.88. The molecule has 0 bridgehead atoms. The SMILES string of the molecule is CC1OCCC1(CN)Cc1ccc(Cl)cc1F. The van der Waals surface area contributed by atoms with E-state index in [2.05, 4.69) is 0 Å². The van der Waals surface area contributed by atoms with Crippen LogP contribution >= 0.6 is 11.6 Å². The maximum atomic E-state index is 13.8. The van der Waals surface area contributed by atoms with Crippen LogP contribution in [-0.4, -0.2) is 19.3 Å². The van der Waals surface area contributed by atoms with Gasteiger partial charge >= 0.3 is 0 Å². The van der Waals surface area contributed by atoms with Crippen LogP contribution in [0, 0.1) is 11.2 Å². The maximum Gasteiger partial charge on any atom is 0.127 e. The van der Waals surface area contributed by atoms with E-state index >= 15 is 0 Å². The van der Waals surface area contributed by atoms with E-state index in [0.29, 0.717) is 30.2 Å². The fraction of sp³-hybridized carbons (Fsp3) is 0.538. The van der Waals surface area contributed by atoms with Crippen molar-refractivity contribution >= 4 is 11.6 Å². The molecule has 0 aliphatic carbocycles. The van der Waals surface area contributed by atoms with Gasteiger partial charge in [0, 0.05) is 23.6 Å². The van der Waals surface area contributed by atoms with E-state index in [-0.39, 0.29) is 17.3 Å². The highest BCUT2D eigenvalue weighted by molar-refractivity contribution is 6.30. The Balaban J connectivity index is 2.24. The smallest absolute Gasteiger partial charge is 0.127 e. The summed E-state index contributed by atoms with van der Waals surface area (Å²) in [4.78, 5) is 0. The summed E-state index contributed by atoms with van der Waals surface area (Å²) in [5.74, 6) is -0.260. The molecular weight excluding hydrogens is 241 g/mol. The normalized spacial score (nSPS) is 28.6. The van der Waals surface area contributed by atoms with Crippen molar-refractivity contribution in [2.24, 2.45) is 11.1 Å². The summed E-state index contributed by atoms with van der Waals surface area (Å²) >= 11 is 5.74. The lowest BCUT2D eigenvalue weighted by atomic mass is 9.76. The molecule has 2 atom stereocenters. The Hall–Kier alpha value is -0.640. The number of rotatable bonds is 3. The van der Waals surface area contributed by atoms with Crippen molar-refractivity contribution in [1.82, 2.24) is 0 Å². The van der Waals surface area contributed by atoms with Crippen molar-refractivity contribution in [3.05, 3.63) is 34.6 Å². The van der Waals surface area contributed by atoms with Gasteiger partial charge in [-0.15, -0.1) is 0 Å². The summed E-state index contributed by atoms with van der Waals surface area (Å²) < 4.78 is 19.3. The first-order chi connectivity index (χ1) is 8.07. The molecule has 2 unspecified atom stereocenters. The van der Waals surface area contributed by atoms with Gasteiger partial charge in [-0.3, -0.25) is 0 Å². The quantitative estimate of drug-likeness (QED) is 0.904. The van der Waals surface area contributed by atoms with Gasteiger partial charge < -0.3 is 10.5 Å². The standard InChI is InChI=1S/C13H17ClFNO/c1-9-13(8-16,4-5-17-9)7-10-2-3-11(14)6-12(10)15/h2-3,6,9H,4-5,7-8,16H2,1H3. The van der Waals surface area contributed by atoms with Gasteiger partial charge in [-0.05, 0) is 37.5 Å². The van der Waals surface area contributed by atoms with Crippen molar-refractivity contribution in [3.8, 4) is 0 Å². The Kier molecular flexibility index (Phi) is 3.71. The zero-order valence-corrected chi connectivity index (χ0v) is 10.6. The molecule has 1 aliphatic rings. The molecule has 1 aromatic carbocycles. The average Bonchev–Trinajstić information content (AvgIpc) is 2.65. The van der Waals surface area contributed by atoms with E-state index in [0.717, 1.165) is 6.42 Å². The third-order valence-electron chi connectivity index (χ3n) is 3.79. The number of halogens is 2. The lowest BCUT2D eigenvalue weighted by Crippen LogP contribution is -2.39. The van der Waals surface area contributed by atoms with E-state index in [9.17, 15) is 4.39 Å². The highest BCUT2D eigenvalue weighted by atomic mass is 35.5. The second-order valence-electron chi connectivity index (χ2n) is 4.74. The fourth-order valence-corrected chi connectivity index (χ4v) is 2.59. The second-order valence-corrected chi connectivity index (χ2v) is 5.18. The molecule has 1 aliphatic heterocycles. The number of nitrogens with two attached hydrogens (primary N) is 1. The Labute approximate surface area is 106 Å². The minimum absolute atomic E-state index is 0.0718. The van der Waals surface area contributed by atoms with Crippen LogP contribution in [0.1, 0.15) is 18.9 Å². The monoisotopic (exact) mass is 257 g/mol. The van der Waals surface area contributed by atoms with E-state index in [4.69, 9.17) is 22.1 Å². The average molecular weight is 258 g/mol. The molecule has 1 heterocycles. The van der Waals surface area contributed by atoms with Gasteiger partial charge in [0.15, 0.2) is 0 Å². The Morgan fingerprint density at radius 1 is 1.59 bits per heavy atom. The van der Waals surface area contributed by atoms with Gasteiger partial charge in [-0.25, -0.2) is 4.39 Å². The van der Waals surface area contributed by atoms with Gasteiger partial charge in [-0.2, -0.15) is 0 Å². The predicted molar refractivity (Wildman–Crippen MR) is 66.6 cm³/mol. The van der Waals surface area contributed by atoms with Crippen molar-refractivity contribution in [3.63, 3.8) is 0 Å². The number of hydrogen-bond donors (Lipinski definition) is 1. The van der Waals surface area contributed by atoms with Crippen LogP contribution in [0.25, 0.3) is 0 Å². The highest BCUT2D eigenvalue weighted by Crippen LogP contribution is 2.37. The maximum absolute atomic E-state index is 13.8. The van der Waals surface area contributed by atoms with Crippen LogP contribution in [-0.2, 0) is 11.2 Å². The highest BCUT2D eigenvalue weighted by Gasteiger charge is 2.40. The van der Waals surface area contributed by atoms with E-state index in [1.807, 2.05) is 6.92 Å². The summed E-state index contributed by atoms with van der Waals surface area (Å²) in [5, 5.41) is 0.420. The molecule has 0 aromatic heterocycles. The molecule has 0 amide bonds. The molecule has 4 heteroatoms.